The molecule has 0 fully saturated rings. The van der Waals surface area contributed by atoms with Crippen LogP contribution in [0, 0.1) is 19.7 Å². The average molecular weight is 342 g/mol. The maximum absolute atomic E-state index is 12.9. The Labute approximate surface area is 147 Å². The molecule has 0 atom stereocenters. The van der Waals surface area contributed by atoms with E-state index in [2.05, 4.69) is 5.32 Å². The molecule has 5 heteroatoms. The second-order valence-electron chi connectivity index (χ2n) is 6.46. The van der Waals surface area contributed by atoms with E-state index in [1.165, 1.54) is 29.2 Å². The molecule has 0 heterocycles. The largest absolute Gasteiger partial charge is 0.327 e. The molecule has 0 saturated heterocycles. The molecule has 132 valence electrons. The van der Waals surface area contributed by atoms with Crippen LogP contribution in [0.4, 0.5) is 10.1 Å². The Morgan fingerprint density at radius 3 is 2.12 bits per heavy atom. The molecule has 2 aromatic carbocycles. The van der Waals surface area contributed by atoms with Gasteiger partial charge in [0.25, 0.3) is 5.91 Å². The summed E-state index contributed by atoms with van der Waals surface area (Å²) in [7, 11) is 0. The van der Waals surface area contributed by atoms with E-state index in [1.807, 2.05) is 45.9 Å². The first-order chi connectivity index (χ1) is 11.8. The average Bonchev–Trinajstić information content (AvgIpc) is 2.53. The van der Waals surface area contributed by atoms with E-state index < -0.39 is 0 Å². The molecule has 0 aromatic heterocycles. The smallest absolute Gasteiger partial charge is 0.254 e. The zero-order valence-electron chi connectivity index (χ0n) is 15.0. The van der Waals surface area contributed by atoms with Crippen molar-refractivity contribution in [3.63, 3.8) is 0 Å². The van der Waals surface area contributed by atoms with Gasteiger partial charge in [-0.25, -0.2) is 4.39 Å². The maximum atomic E-state index is 12.9. The van der Waals surface area contributed by atoms with Crippen molar-refractivity contribution in [2.75, 3.05) is 11.9 Å². The van der Waals surface area contributed by atoms with Crippen LogP contribution in [-0.2, 0) is 4.79 Å². The minimum absolute atomic E-state index is 0.0686. The molecule has 0 bridgehead atoms. The van der Waals surface area contributed by atoms with Gasteiger partial charge in [0.05, 0.1) is 0 Å². The van der Waals surface area contributed by atoms with Gasteiger partial charge in [-0.05, 0) is 64.1 Å². The number of carbonyl (C=O) groups excluding carboxylic acids is 2. The number of rotatable bonds is 5. The Bertz CT molecular complexity index is 750. The van der Waals surface area contributed by atoms with E-state index >= 15 is 0 Å². The fourth-order valence-electron chi connectivity index (χ4n) is 2.64. The normalized spacial score (nSPS) is 10.6. The third-order valence-electron chi connectivity index (χ3n) is 3.79. The van der Waals surface area contributed by atoms with Gasteiger partial charge in [0.2, 0.25) is 5.91 Å². The van der Waals surface area contributed by atoms with Crippen molar-refractivity contribution < 1.29 is 14.0 Å². The lowest BCUT2D eigenvalue weighted by atomic mass is 10.1. The summed E-state index contributed by atoms with van der Waals surface area (Å²) in [5, 5.41) is 2.68. The summed E-state index contributed by atoms with van der Waals surface area (Å²) in [5.41, 5.74) is 3.07. The zero-order chi connectivity index (χ0) is 18.6. The molecule has 0 saturated carbocycles. The SMILES string of the molecule is Cc1cc(C)cc(C(=O)N(CC(=O)Nc2ccc(F)cc2)C(C)C)c1. The highest BCUT2D eigenvalue weighted by molar-refractivity contribution is 5.99. The lowest BCUT2D eigenvalue weighted by Gasteiger charge is -2.26. The Morgan fingerprint density at radius 2 is 1.60 bits per heavy atom. The molecule has 0 radical (unpaired) electrons. The third kappa shape index (κ3) is 5.14. The number of carbonyl (C=O) groups is 2. The predicted molar refractivity (Wildman–Crippen MR) is 97.1 cm³/mol. The summed E-state index contributed by atoms with van der Waals surface area (Å²) in [6.07, 6.45) is 0. The van der Waals surface area contributed by atoms with Crippen LogP contribution in [0.5, 0.6) is 0 Å². The molecule has 0 unspecified atom stereocenters. The summed E-state index contributed by atoms with van der Waals surface area (Å²) >= 11 is 0. The number of hydrogen-bond acceptors (Lipinski definition) is 2. The quantitative estimate of drug-likeness (QED) is 0.895. The Kier molecular flexibility index (Phi) is 5.91. The monoisotopic (exact) mass is 342 g/mol. The number of anilines is 1. The lowest BCUT2D eigenvalue weighted by Crippen LogP contribution is -2.42. The van der Waals surface area contributed by atoms with Crippen LogP contribution < -0.4 is 5.32 Å². The minimum atomic E-state index is -0.369. The number of amides is 2. The summed E-state index contributed by atoms with van der Waals surface area (Å²) in [6.45, 7) is 7.54. The Balaban J connectivity index is 2.13. The fraction of sp³-hybridized carbons (Fsp3) is 0.300. The summed E-state index contributed by atoms with van der Waals surface area (Å²) in [5.74, 6) is -0.874. The van der Waals surface area contributed by atoms with E-state index in [4.69, 9.17) is 0 Å². The first kappa shape index (κ1) is 18.6. The fourth-order valence-corrected chi connectivity index (χ4v) is 2.64. The number of aryl methyl sites for hydroxylation is 2. The van der Waals surface area contributed by atoms with Crippen LogP contribution in [0.1, 0.15) is 35.3 Å². The molecule has 25 heavy (non-hydrogen) atoms. The minimum Gasteiger partial charge on any atom is -0.327 e. The van der Waals surface area contributed by atoms with E-state index in [0.29, 0.717) is 11.3 Å². The molecule has 0 aliphatic rings. The van der Waals surface area contributed by atoms with Gasteiger partial charge >= 0.3 is 0 Å². The van der Waals surface area contributed by atoms with Gasteiger partial charge in [-0.15, -0.1) is 0 Å². The van der Waals surface area contributed by atoms with Crippen LogP contribution in [-0.4, -0.2) is 29.3 Å². The summed E-state index contributed by atoms with van der Waals surface area (Å²) in [6, 6.07) is 11.0. The number of halogens is 1. The molecule has 2 amide bonds. The first-order valence-electron chi connectivity index (χ1n) is 8.21. The van der Waals surface area contributed by atoms with Gasteiger partial charge in [-0.2, -0.15) is 0 Å². The molecule has 4 nitrogen and oxygen atoms in total. The second-order valence-corrected chi connectivity index (χ2v) is 6.46. The molecular weight excluding hydrogens is 319 g/mol. The van der Waals surface area contributed by atoms with E-state index in [0.717, 1.165) is 11.1 Å². The number of benzene rings is 2. The molecule has 2 aromatic rings. The van der Waals surface area contributed by atoms with Gasteiger partial charge in [0.15, 0.2) is 0 Å². The van der Waals surface area contributed by atoms with Crippen molar-refractivity contribution in [1.29, 1.82) is 0 Å². The molecule has 1 N–H and O–H groups in total. The summed E-state index contributed by atoms with van der Waals surface area (Å²) in [4.78, 5) is 26.6. The van der Waals surface area contributed by atoms with Crippen molar-refractivity contribution >= 4 is 17.5 Å². The van der Waals surface area contributed by atoms with Gasteiger partial charge in [0, 0.05) is 17.3 Å². The van der Waals surface area contributed by atoms with Crippen LogP contribution in [0.2, 0.25) is 0 Å². The standard InChI is InChI=1S/C20H23FN2O2/c1-13(2)23(20(25)16-10-14(3)9-15(4)11-16)12-19(24)22-18-7-5-17(21)6-8-18/h5-11,13H,12H2,1-4H3,(H,22,24). The van der Waals surface area contributed by atoms with Gasteiger partial charge in [-0.3, -0.25) is 9.59 Å². The van der Waals surface area contributed by atoms with E-state index in [9.17, 15) is 14.0 Å². The molecule has 0 spiro atoms. The van der Waals surface area contributed by atoms with Gasteiger partial charge in [-0.1, -0.05) is 17.2 Å². The second kappa shape index (κ2) is 7.92. The van der Waals surface area contributed by atoms with Crippen molar-refractivity contribution in [3.8, 4) is 0 Å². The maximum Gasteiger partial charge on any atom is 0.254 e. The van der Waals surface area contributed by atoms with Gasteiger partial charge in [0.1, 0.15) is 12.4 Å². The topological polar surface area (TPSA) is 49.4 Å². The summed E-state index contributed by atoms with van der Waals surface area (Å²) < 4.78 is 12.9. The Hall–Kier alpha value is -2.69. The highest BCUT2D eigenvalue weighted by Crippen LogP contribution is 2.14. The van der Waals surface area contributed by atoms with E-state index in [1.54, 1.807) is 0 Å². The molecule has 2 rings (SSSR count). The van der Waals surface area contributed by atoms with Crippen molar-refractivity contribution in [3.05, 3.63) is 65.0 Å². The van der Waals surface area contributed by atoms with Crippen LogP contribution in [0.15, 0.2) is 42.5 Å². The van der Waals surface area contributed by atoms with Gasteiger partial charge < -0.3 is 10.2 Å². The zero-order valence-corrected chi connectivity index (χ0v) is 15.0. The first-order valence-corrected chi connectivity index (χ1v) is 8.21. The third-order valence-corrected chi connectivity index (χ3v) is 3.79. The van der Waals surface area contributed by atoms with Crippen molar-refractivity contribution in [2.45, 2.75) is 33.7 Å². The molecular formula is C20H23FN2O2. The van der Waals surface area contributed by atoms with Crippen molar-refractivity contribution in [2.24, 2.45) is 0 Å². The predicted octanol–water partition coefficient (Wildman–Crippen LogP) is 3.93. The number of nitrogens with zero attached hydrogens (tertiary/aromatic N) is 1. The number of hydrogen-bond donors (Lipinski definition) is 1. The van der Waals surface area contributed by atoms with Crippen LogP contribution >= 0.6 is 0 Å². The highest BCUT2D eigenvalue weighted by atomic mass is 19.1. The number of nitrogens with one attached hydrogen (secondary N) is 1. The van der Waals surface area contributed by atoms with Crippen LogP contribution in [0.3, 0.4) is 0 Å². The molecule has 0 aliphatic heterocycles. The molecule has 0 aliphatic carbocycles. The van der Waals surface area contributed by atoms with Crippen LogP contribution in [0.25, 0.3) is 0 Å². The lowest BCUT2D eigenvalue weighted by molar-refractivity contribution is -0.117. The Morgan fingerprint density at radius 1 is 1.04 bits per heavy atom. The highest BCUT2D eigenvalue weighted by Gasteiger charge is 2.22. The van der Waals surface area contributed by atoms with E-state index in [-0.39, 0.29) is 30.2 Å². The van der Waals surface area contributed by atoms with Crippen molar-refractivity contribution in [1.82, 2.24) is 4.90 Å².